The number of aliphatic hydroxyl groups is 1. The highest BCUT2D eigenvalue weighted by Gasteiger charge is 2.17. The van der Waals surface area contributed by atoms with Crippen LogP contribution < -0.4 is 0 Å². The van der Waals surface area contributed by atoms with Gasteiger partial charge in [-0.2, -0.15) is 0 Å². The van der Waals surface area contributed by atoms with Crippen LogP contribution in [0.5, 0.6) is 5.75 Å². The maximum atomic E-state index is 9.57. The summed E-state index contributed by atoms with van der Waals surface area (Å²) in [5.41, 5.74) is 2.08. The van der Waals surface area contributed by atoms with E-state index in [2.05, 4.69) is 0 Å². The predicted octanol–water partition coefficient (Wildman–Crippen LogP) is 1.76. The largest absolute Gasteiger partial charge is 0.508 e. The van der Waals surface area contributed by atoms with Crippen LogP contribution in [0.2, 0.25) is 0 Å². The Kier molecular flexibility index (Phi) is 1.77. The normalized spacial score (nSPS) is 21.9. The van der Waals surface area contributed by atoms with Gasteiger partial charge in [0.1, 0.15) is 5.75 Å². The Labute approximate surface area is 71.5 Å². The summed E-state index contributed by atoms with van der Waals surface area (Å²) < 4.78 is 0. The molecule has 0 saturated carbocycles. The molecule has 0 fully saturated rings. The minimum absolute atomic E-state index is 0.245. The zero-order chi connectivity index (χ0) is 8.55. The van der Waals surface area contributed by atoms with Crippen LogP contribution in [0.3, 0.4) is 0 Å². The third-order valence-electron chi connectivity index (χ3n) is 2.41. The molecule has 1 atom stereocenters. The summed E-state index contributed by atoms with van der Waals surface area (Å²) in [6.45, 7) is 0. The van der Waals surface area contributed by atoms with E-state index in [-0.39, 0.29) is 11.9 Å². The molecule has 2 heteroatoms. The monoisotopic (exact) mass is 164 g/mol. The second kappa shape index (κ2) is 2.79. The topological polar surface area (TPSA) is 40.5 Å². The van der Waals surface area contributed by atoms with Gasteiger partial charge in [-0.05, 0) is 42.5 Å². The Balaban J connectivity index is 2.47. The molecule has 0 amide bonds. The molecular formula is C10H12O2. The van der Waals surface area contributed by atoms with Gasteiger partial charge in [0, 0.05) is 0 Å². The fraction of sp³-hybridized carbons (Fsp3) is 0.400. The fourth-order valence-corrected chi connectivity index (χ4v) is 1.76. The molecule has 1 aromatic carbocycles. The zero-order valence-electron chi connectivity index (χ0n) is 6.83. The lowest BCUT2D eigenvalue weighted by molar-refractivity contribution is 0.156. The van der Waals surface area contributed by atoms with Gasteiger partial charge in [0.05, 0.1) is 6.10 Å². The van der Waals surface area contributed by atoms with E-state index >= 15 is 0 Å². The lowest BCUT2D eigenvalue weighted by Gasteiger charge is -2.20. The molecule has 1 aromatic rings. The molecule has 0 spiro atoms. The average molecular weight is 164 g/mol. The molecule has 2 nitrogen and oxygen atoms in total. The first-order valence-electron chi connectivity index (χ1n) is 4.27. The fourth-order valence-electron chi connectivity index (χ4n) is 1.76. The molecule has 0 unspecified atom stereocenters. The van der Waals surface area contributed by atoms with E-state index < -0.39 is 0 Å². The Morgan fingerprint density at radius 3 is 3.00 bits per heavy atom. The molecular weight excluding hydrogens is 152 g/mol. The first kappa shape index (κ1) is 7.62. The van der Waals surface area contributed by atoms with Gasteiger partial charge in [-0.3, -0.25) is 0 Å². The number of fused-ring (bicyclic) bond motifs is 1. The van der Waals surface area contributed by atoms with Gasteiger partial charge in [0.15, 0.2) is 0 Å². The Hall–Kier alpha value is -1.02. The summed E-state index contributed by atoms with van der Waals surface area (Å²) in [4.78, 5) is 0. The summed E-state index contributed by atoms with van der Waals surface area (Å²) in [5, 5.41) is 18.8. The smallest absolute Gasteiger partial charge is 0.115 e. The summed E-state index contributed by atoms with van der Waals surface area (Å²) in [6, 6.07) is 5.24. The summed E-state index contributed by atoms with van der Waals surface area (Å²) in [5.74, 6) is 0.245. The van der Waals surface area contributed by atoms with Crippen LogP contribution in [0.25, 0.3) is 0 Å². The first-order valence-corrected chi connectivity index (χ1v) is 4.27. The molecule has 1 aliphatic rings. The van der Waals surface area contributed by atoms with E-state index in [0.29, 0.717) is 0 Å². The number of hydrogen-bond donors (Lipinski definition) is 2. The van der Waals surface area contributed by atoms with Crippen molar-refractivity contribution in [1.82, 2.24) is 0 Å². The summed E-state index contributed by atoms with van der Waals surface area (Å²) in [7, 11) is 0. The number of rotatable bonds is 0. The molecule has 0 aromatic heterocycles. The van der Waals surface area contributed by atoms with Crippen LogP contribution in [0, 0.1) is 0 Å². The van der Waals surface area contributed by atoms with Crippen molar-refractivity contribution >= 4 is 0 Å². The van der Waals surface area contributed by atoms with E-state index in [9.17, 15) is 10.2 Å². The first-order chi connectivity index (χ1) is 5.77. The molecule has 0 aliphatic heterocycles. The van der Waals surface area contributed by atoms with Crippen molar-refractivity contribution in [1.29, 1.82) is 0 Å². The van der Waals surface area contributed by atoms with E-state index in [1.807, 2.05) is 6.07 Å². The summed E-state index contributed by atoms with van der Waals surface area (Å²) in [6.07, 6.45) is 2.50. The molecule has 64 valence electrons. The van der Waals surface area contributed by atoms with Crippen molar-refractivity contribution in [3.63, 3.8) is 0 Å². The van der Waals surface area contributed by atoms with E-state index in [0.717, 1.165) is 24.8 Å². The maximum absolute atomic E-state index is 9.57. The van der Waals surface area contributed by atoms with Gasteiger partial charge in [-0.1, -0.05) is 6.07 Å². The minimum atomic E-state index is -0.374. The van der Waals surface area contributed by atoms with Crippen LogP contribution in [0.4, 0.5) is 0 Å². The molecule has 0 radical (unpaired) electrons. The predicted molar refractivity (Wildman–Crippen MR) is 46.0 cm³/mol. The van der Waals surface area contributed by atoms with Gasteiger partial charge >= 0.3 is 0 Å². The van der Waals surface area contributed by atoms with Crippen molar-refractivity contribution in [3.05, 3.63) is 29.3 Å². The van der Waals surface area contributed by atoms with Gasteiger partial charge in [-0.25, -0.2) is 0 Å². The van der Waals surface area contributed by atoms with Crippen LogP contribution in [-0.2, 0) is 6.42 Å². The quantitative estimate of drug-likeness (QED) is 0.613. The number of aryl methyl sites for hydroxylation is 1. The van der Waals surface area contributed by atoms with Crippen LogP contribution in [0.1, 0.15) is 30.1 Å². The van der Waals surface area contributed by atoms with Gasteiger partial charge in [0.25, 0.3) is 0 Å². The Bertz CT molecular complexity index is 294. The van der Waals surface area contributed by atoms with Crippen molar-refractivity contribution in [2.24, 2.45) is 0 Å². The standard InChI is InChI=1S/C10H12O2/c11-8-5-4-7-2-1-3-10(12)9(7)6-8/h4-6,10-12H,1-3H2/t10-/m1/s1. The highest BCUT2D eigenvalue weighted by molar-refractivity contribution is 5.37. The van der Waals surface area contributed by atoms with Crippen molar-refractivity contribution < 1.29 is 10.2 Å². The number of benzene rings is 1. The molecule has 0 saturated heterocycles. The number of hydrogen-bond acceptors (Lipinski definition) is 2. The molecule has 2 N–H and O–H groups in total. The molecule has 0 heterocycles. The second-order valence-electron chi connectivity index (χ2n) is 3.29. The molecule has 1 aliphatic carbocycles. The maximum Gasteiger partial charge on any atom is 0.115 e. The SMILES string of the molecule is Oc1ccc2c(c1)[C@H](O)CCC2. The van der Waals surface area contributed by atoms with E-state index in [4.69, 9.17) is 0 Å². The summed E-state index contributed by atoms with van der Waals surface area (Å²) >= 11 is 0. The number of phenols is 1. The minimum Gasteiger partial charge on any atom is -0.508 e. The van der Waals surface area contributed by atoms with Gasteiger partial charge in [0.2, 0.25) is 0 Å². The van der Waals surface area contributed by atoms with Crippen LogP contribution >= 0.6 is 0 Å². The number of phenolic OH excluding ortho intramolecular Hbond substituents is 1. The molecule has 12 heavy (non-hydrogen) atoms. The van der Waals surface area contributed by atoms with Crippen molar-refractivity contribution in [2.75, 3.05) is 0 Å². The molecule has 0 bridgehead atoms. The van der Waals surface area contributed by atoms with Crippen LogP contribution in [0.15, 0.2) is 18.2 Å². The highest BCUT2D eigenvalue weighted by Crippen LogP contribution is 2.31. The zero-order valence-corrected chi connectivity index (χ0v) is 6.83. The average Bonchev–Trinajstić information content (AvgIpc) is 2.07. The third-order valence-corrected chi connectivity index (χ3v) is 2.41. The van der Waals surface area contributed by atoms with Gasteiger partial charge < -0.3 is 10.2 Å². The number of aliphatic hydroxyl groups excluding tert-OH is 1. The second-order valence-corrected chi connectivity index (χ2v) is 3.29. The molecule has 2 rings (SSSR count). The van der Waals surface area contributed by atoms with E-state index in [1.165, 1.54) is 5.56 Å². The lowest BCUT2D eigenvalue weighted by atomic mass is 9.89. The number of aromatic hydroxyl groups is 1. The van der Waals surface area contributed by atoms with Crippen molar-refractivity contribution in [2.45, 2.75) is 25.4 Å². The lowest BCUT2D eigenvalue weighted by Crippen LogP contribution is -2.08. The van der Waals surface area contributed by atoms with Crippen LogP contribution in [-0.4, -0.2) is 10.2 Å². The highest BCUT2D eigenvalue weighted by atomic mass is 16.3. The van der Waals surface area contributed by atoms with Gasteiger partial charge in [-0.15, -0.1) is 0 Å². The van der Waals surface area contributed by atoms with Crippen molar-refractivity contribution in [3.8, 4) is 5.75 Å². The van der Waals surface area contributed by atoms with E-state index in [1.54, 1.807) is 12.1 Å². The Morgan fingerprint density at radius 1 is 1.33 bits per heavy atom. The third kappa shape index (κ3) is 1.18. The Morgan fingerprint density at radius 2 is 2.17 bits per heavy atom.